The standard InChI is InChI=1S/C75H146O17P2/c1-7-9-11-13-15-17-18-19-20-23-28-34-40-46-52-58-73(78)86-64-71(92-74(79)59-53-47-41-35-29-24-21-22-26-32-37-43-49-55-67(3)4)66-90-94(83,84)88-62-69(76)61-87-93(81,82)89-65-70(63-85-72(77)57-51-45-39-31-16-14-12-10-8-2)91-75(80)60-54-48-42-36-30-25-27-33-38-44-50-56-68(5)6/h67-71,76H,7-66H2,1-6H3,(H,81,82)(H,83,84)/t69-,70+,71+/m0/s1. The molecule has 2 unspecified atom stereocenters. The summed E-state index contributed by atoms with van der Waals surface area (Å²) >= 11 is 0. The monoisotopic (exact) mass is 1380 g/mol. The van der Waals surface area contributed by atoms with Gasteiger partial charge in [0, 0.05) is 25.7 Å². The molecule has 0 bridgehead atoms. The first kappa shape index (κ1) is 92.1. The lowest BCUT2D eigenvalue weighted by atomic mass is 10.0. The number of carbonyl (C=O) groups is 4. The van der Waals surface area contributed by atoms with Crippen LogP contribution >= 0.6 is 15.6 Å². The van der Waals surface area contributed by atoms with Gasteiger partial charge in [-0.05, 0) is 37.5 Å². The normalized spacial score (nSPS) is 14.0. The highest BCUT2D eigenvalue weighted by Gasteiger charge is 2.30. The summed E-state index contributed by atoms with van der Waals surface area (Å²) in [5, 5.41) is 10.6. The average molecular weight is 1380 g/mol. The SMILES string of the molecule is CCCCCCCCCCCCCCCCCC(=O)OC[C@H](COP(=O)(O)OC[C@@H](O)COP(=O)(O)OC[C@@H](COC(=O)CCCCCCCCCCC)OC(=O)CCCCCCCCCCCCCC(C)C)OC(=O)CCCCCCCCCCCCCCCC(C)C. The van der Waals surface area contributed by atoms with Crippen LogP contribution < -0.4 is 0 Å². The molecular formula is C75H146O17P2. The minimum Gasteiger partial charge on any atom is -0.462 e. The quantitative estimate of drug-likeness (QED) is 0.0222. The van der Waals surface area contributed by atoms with E-state index in [2.05, 4.69) is 41.5 Å². The van der Waals surface area contributed by atoms with E-state index in [4.69, 9.17) is 37.0 Å². The number of rotatable bonds is 74. The van der Waals surface area contributed by atoms with Crippen LogP contribution in [-0.4, -0.2) is 96.7 Å². The van der Waals surface area contributed by atoms with E-state index < -0.39 is 97.5 Å². The molecule has 94 heavy (non-hydrogen) atoms. The number of hydrogen-bond donors (Lipinski definition) is 3. The summed E-state index contributed by atoms with van der Waals surface area (Å²) in [5.41, 5.74) is 0. The van der Waals surface area contributed by atoms with Crippen molar-refractivity contribution in [2.45, 2.75) is 407 Å². The van der Waals surface area contributed by atoms with Crippen LogP contribution in [0, 0.1) is 11.8 Å². The summed E-state index contributed by atoms with van der Waals surface area (Å²) in [5.74, 6) is -0.564. The maximum atomic E-state index is 13.1. The number of aliphatic hydroxyl groups is 1. The topological polar surface area (TPSA) is 237 Å². The van der Waals surface area contributed by atoms with Gasteiger partial charge in [0.05, 0.1) is 26.4 Å². The molecule has 0 spiro atoms. The van der Waals surface area contributed by atoms with Gasteiger partial charge in [0.15, 0.2) is 12.2 Å². The molecule has 3 N–H and O–H groups in total. The molecule has 0 aliphatic rings. The highest BCUT2D eigenvalue weighted by Crippen LogP contribution is 2.45. The molecule has 0 heterocycles. The maximum absolute atomic E-state index is 13.1. The summed E-state index contributed by atoms with van der Waals surface area (Å²) in [6.45, 7) is 9.60. The fourth-order valence-electron chi connectivity index (χ4n) is 11.5. The molecule has 19 heteroatoms. The molecule has 17 nitrogen and oxygen atoms in total. The minimum absolute atomic E-state index is 0.107. The number of phosphoric ester groups is 2. The number of esters is 4. The maximum Gasteiger partial charge on any atom is 0.472 e. The Labute approximate surface area is 575 Å². The molecule has 0 aliphatic heterocycles. The first-order valence-corrected chi connectivity index (χ1v) is 42.0. The molecule has 0 aliphatic carbocycles. The molecule has 0 saturated carbocycles. The fourth-order valence-corrected chi connectivity index (χ4v) is 13.1. The highest BCUT2D eigenvalue weighted by molar-refractivity contribution is 7.47. The van der Waals surface area contributed by atoms with E-state index in [0.29, 0.717) is 25.7 Å². The van der Waals surface area contributed by atoms with E-state index in [0.717, 1.165) is 102 Å². The Hall–Kier alpha value is -1.94. The Bertz CT molecular complexity index is 1820. The van der Waals surface area contributed by atoms with Crippen molar-refractivity contribution < 1.29 is 80.2 Å². The number of carbonyl (C=O) groups excluding carboxylic acids is 4. The van der Waals surface area contributed by atoms with Crippen LogP contribution in [0.2, 0.25) is 0 Å². The molecule has 0 aromatic carbocycles. The number of unbranched alkanes of at least 4 members (excludes halogenated alkanes) is 44. The summed E-state index contributed by atoms with van der Waals surface area (Å²) < 4.78 is 68.5. The third-order valence-corrected chi connectivity index (χ3v) is 19.4. The van der Waals surface area contributed by atoms with Crippen molar-refractivity contribution in [2.24, 2.45) is 11.8 Å². The second kappa shape index (κ2) is 66.9. The van der Waals surface area contributed by atoms with E-state index in [1.54, 1.807) is 0 Å². The van der Waals surface area contributed by atoms with Gasteiger partial charge in [-0.1, -0.05) is 337 Å². The van der Waals surface area contributed by atoms with Crippen molar-refractivity contribution in [2.75, 3.05) is 39.6 Å². The zero-order valence-electron chi connectivity index (χ0n) is 61.3. The van der Waals surface area contributed by atoms with Gasteiger partial charge in [-0.15, -0.1) is 0 Å². The Balaban J connectivity index is 5.24. The number of aliphatic hydroxyl groups excluding tert-OH is 1. The van der Waals surface area contributed by atoms with E-state index >= 15 is 0 Å². The van der Waals surface area contributed by atoms with Gasteiger partial charge in [0.25, 0.3) is 0 Å². The van der Waals surface area contributed by atoms with E-state index in [-0.39, 0.29) is 25.7 Å². The minimum atomic E-state index is -4.96. The Morgan fingerprint density at radius 2 is 0.489 bits per heavy atom. The van der Waals surface area contributed by atoms with Gasteiger partial charge >= 0.3 is 39.5 Å². The molecule has 0 aromatic rings. The van der Waals surface area contributed by atoms with Gasteiger partial charge < -0.3 is 33.8 Å². The molecule has 0 amide bonds. The predicted molar refractivity (Wildman–Crippen MR) is 381 cm³/mol. The van der Waals surface area contributed by atoms with Gasteiger partial charge in [-0.2, -0.15) is 0 Å². The highest BCUT2D eigenvalue weighted by atomic mass is 31.2. The lowest BCUT2D eigenvalue weighted by Crippen LogP contribution is -2.30. The molecular weight excluding hydrogens is 1230 g/mol. The zero-order valence-corrected chi connectivity index (χ0v) is 63.1. The third kappa shape index (κ3) is 68.6. The van der Waals surface area contributed by atoms with E-state index in [1.165, 1.54) is 205 Å². The number of hydrogen-bond acceptors (Lipinski definition) is 15. The van der Waals surface area contributed by atoms with Crippen LogP contribution in [0.25, 0.3) is 0 Å². The first-order chi connectivity index (χ1) is 45.4. The van der Waals surface area contributed by atoms with E-state index in [1.807, 2.05) is 0 Å². The van der Waals surface area contributed by atoms with Crippen LogP contribution in [0.3, 0.4) is 0 Å². The van der Waals surface area contributed by atoms with Gasteiger partial charge in [0.1, 0.15) is 19.3 Å². The summed E-state index contributed by atoms with van der Waals surface area (Å²) in [6.07, 6.45) is 54.0. The van der Waals surface area contributed by atoms with Crippen molar-refractivity contribution in [3.63, 3.8) is 0 Å². The lowest BCUT2D eigenvalue weighted by Gasteiger charge is -2.21. The molecule has 5 atom stereocenters. The summed E-state index contributed by atoms with van der Waals surface area (Å²) in [4.78, 5) is 72.7. The predicted octanol–water partition coefficient (Wildman–Crippen LogP) is 21.9. The summed E-state index contributed by atoms with van der Waals surface area (Å²) in [6, 6.07) is 0. The third-order valence-electron chi connectivity index (χ3n) is 17.5. The summed E-state index contributed by atoms with van der Waals surface area (Å²) in [7, 11) is -9.91. The second-order valence-corrected chi connectivity index (χ2v) is 30.9. The first-order valence-electron chi connectivity index (χ1n) is 39.0. The van der Waals surface area contributed by atoms with Crippen molar-refractivity contribution >= 4 is 39.5 Å². The second-order valence-electron chi connectivity index (χ2n) is 28.0. The zero-order chi connectivity index (χ0) is 69.3. The average Bonchev–Trinajstić information content (AvgIpc) is 1.55. The van der Waals surface area contributed by atoms with Crippen molar-refractivity contribution in [3.05, 3.63) is 0 Å². The van der Waals surface area contributed by atoms with Crippen molar-refractivity contribution in [3.8, 4) is 0 Å². The lowest BCUT2D eigenvalue weighted by molar-refractivity contribution is -0.161. The van der Waals surface area contributed by atoms with Crippen LogP contribution in [0.1, 0.15) is 388 Å². The fraction of sp³-hybridized carbons (Fsp3) is 0.947. The number of ether oxygens (including phenoxy) is 4. The largest absolute Gasteiger partial charge is 0.472 e. The van der Waals surface area contributed by atoms with Crippen molar-refractivity contribution in [1.29, 1.82) is 0 Å². The molecule has 558 valence electrons. The van der Waals surface area contributed by atoms with Gasteiger partial charge in [-0.25, -0.2) is 9.13 Å². The van der Waals surface area contributed by atoms with E-state index in [9.17, 15) is 43.2 Å². The van der Waals surface area contributed by atoms with Gasteiger partial charge in [0.2, 0.25) is 0 Å². The van der Waals surface area contributed by atoms with Gasteiger partial charge in [-0.3, -0.25) is 37.3 Å². The Morgan fingerprint density at radius 1 is 0.287 bits per heavy atom. The number of phosphoric acid groups is 2. The van der Waals surface area contributed by atoms with Crippen molar-refractivity contribution in [1.82, 2.24) is 0 Å². The van der Waals surface area contributed by atoms with Crippen LogP contribution in [-0.2, 0) is 65.4 Å². The van der Waals surface area contributed by atoms with Crippen LogP contribution in [0.5, 0.6) is 0 Å². The van der Waals surface area contributed by atoms with Crippen LogP contribution in [0.4, 0.5) is 0 Å². The molecule has 0 rings (SSSR count). The molecule has 0 aromatic heterocycles. The molecule has 0 saturated heterocycles. The molecule has 0 radical (unpaired) electrons. The smallest absolute Gasteiger partial charge is 0.462 e. The molecule has 0 fully saturated rings. The Kier molecular flexibility index (Phi) is 65.5. The van der Waals surface area contributed by atoms with Crippen LogP contribution in [0.15, 0.2) is 0 Å². The Morgan fingerprint density at radius 3 is 0.723 bits per heavy atom.